The van der Waals surface area contributed by atoms with Crippen molar-refractivity contribution in [1.29, 1.82) is 0 Å². The Morgan fingerprint density at radius 1 is 1.23 bits per heavy atom. The Hall–Kier alpha value is -2.67. The van der Waals surface area contributed by atoms with Gasteiger partial charge in [-0.15, -0.1) is 11.3 Å². The predicted octanol–water partition coefficient (Wildman–Crippen LogP) is 4.59. The van der Waals surface area contributed by atoms with E-state index in [1.165, 1.54) is 11.3 Å². The molecular weight excluding hydrogens is 398 g/mol. The summed E-state index contributed by atoms with van der Waals surface area (Å²) < 4.78 is 7.64. The largest absolute Gasteiger partial charge is 0.487 e. The molecule has 0 saturated carbocycles. The molecule has 0 fully saturated rings. The Balaban J connectivity index is 1.48. The zero-order chi connectivity index (χ0) is 21.1. The molecule has 0 spiro atoms. The lowest BCUT2D eigenvalue weighted by molar-refractivity contribution is -0.120. The second-order valence-electron chi connectivity index (χ2n) is 7.70. The second-order valence-corrected chi connectivity index (χ2v) is 8.76. The van der Waals surface area contributed by atoms with Crippen molar-refractivity contribution in [2.45, 2.75) is 59.0 Å². The number of nitrogens with one attached hydrogen (secondary N) is 1. The van der Waals surface area contributed by atoms with Crippen LogP contribution in [0.3, 0.4) is 0 Å². The third-order valence-corrected chi connectivity index (χ3v) is 6.80. The van der Waals surface area contributed by atoms with E-state index in [1.807, 2.05) is 32.0 Å². The molecule has 2 heterocycles. The molecule has 1 aliphatic carbocycles. The number of carbonyl (C=O) groups is 1. The Morgan fingerprint density at radius 2 is 2.03 bits per heavy atom. The van der Waals surface area contributed by atoms with Gasteiger partial charge in [-0.1, -0.05) is 19.9 Å². The molecule has 30 heavy (non-hydrogen) atoms. The van der Waals surface area contributed by atoms with Crippen LogP contribution in [0.15, 0.2) is 35.1 Å². The molecule has 0 bridgehead atoms. The smallest absolute Gasteiger partial charge is 0.259 e. The van der Waals surface area contributed by atoms with E-state index in [-0.39, 0.29) is 24.0 Å². The molecule has 0 aliphatic heterocycles. The van der Waals surface area contributed by atoms with Crippen LogP contribution in [0.1, 0.15) is 55.8 Å². The van der Waals surface area contributed by atoms with Gasteiger partial charge in [-0.3, -0.25) is 14.0 Å². The number of carbonyl (C=O) groups excluding carboxylic acids is 1. The van der Waals surface area contributed by atoms with Crippen LogP contribution in [0.2, 0.25) is 0 Å². The molecule has 0 radical (unpaired) electrons. The normalized spacial score (nSPS) is 13.4. The zero-order valence-electron chi connectivity index (χ0n) is 17.4. The second kappa shape index (κ2) is 9.00. The molecule has 1 N–H and O–H groups in total. The number of aromatic nitrogens is 2. The summed E-state index contributed by atoms with van der Waals surface area (Å²) in [6.07, 6.45) is 5.91. The first-order valence-electron chi connectivity index (χ1n) is 10.7. The predicted molar refractivity (Wildman–Crippen MR) is 119 cm³/mol. The van der Waals surface area contributed by atoms with Crippen molar-refractivity contribution in [2.24, 2.45) is 5.92 Å². The minimum Gasteiger partial charge on any atom is -0.487 e. The quantitative estimate of drug-likeness (QED) is 0.601. The average Bonchev–Trinajstić information content (AvgIpc) is 3.12. The van der Waals surface area contributed by atoms with Crippen LogP contribution >= 0.6 is 11.3 Å². The van der Waals surface area contributed by atoms with E-state index in [1.54, 1.807) is 27.9 Å². The van der Waals surface area contributed by atoms with Crippen molar-refractivity contribution in [1.82, 2.24) is 9.38 Å². The standard InChI is InChI=1S/C23H27N3O3S/c1-3-15(4-2)22(28)24-16-8-7-9-18(12-16)29-14-17-13-21(27)26-19-10-5-6-11-20(19)30-23(26)25-17/h7-9,12-13,15H,3-6,10-11,14H2,1-2H3,(H,24,28). The van der Waals surface area contributed by atoms with Crippen LogP contribution in [0.5, 0.6) is 5.75 Å². The average molecular weight is 426 g/mol. The van der Waals surface area contributed by atoms with Crippen molar-refractivity contribution < 1.29 is 9.53 Å². The van der Waals surface area contributed by atoms with Crippen molar-refractivity contribution in [3.8, 4) is 5.75 Å². The Kier molecular flexibility index (Phi) is 6.18. The zero-order valence-corrected chi connectivity index (χ0v) is 18.3. The molecule has 4 rings (SSSR count). The van der Waals surface area contributed by atoms with Gasteiger partial charge in [0, 0.05) is 34.3 Å². The van der Waals surface area contributed by atoms with Gasteiger partial charge in [-0.25, -0.2) is 4.98 Å². The highest BCUT2D eigenvalue weighted by Gasteiger charge is 2.18. The van der Waals surface area contributed by atoms with Crippen LogP contribution in [0.25, 0.3) is 4.96 Å². The highest BCUT2D eigenvalue weighted by atomic mass is 32.1. The number of nitrogens with zero attached hydrogens (tertiary/aromatic N) is 2. The molecule has 1 aliphatic rings. The topological polar surface area (TPSA) is 72.7 Å². The van der Waals surface area contributed by atoms with Gasteiger partial charge >= 0.3 is 0 Å². The number of fused-ring (bicyclic) bond motifs is 3. The van der Waals surface area contributed by atoms with Gasteiger partial charge in [-0.2, -0.15) is 0 Å². The summed E-state index contributed by atoms with van der Waals surface area (Å²) in [6, 6.07) is 8.89. The van der Waals surface area contributed by atoms with E-state index < -0.39 is 0 Å². The molecule has 0 atom stereocenters. The number of benzene rings is 1. The van der Waals surface area contributed by atoms with Crippen LogP contribution in [0.4, 0.5) is 5.69 Å². The first kappa shape index (κ1) is 20.6. The van der Waals surface area contributed by atoms with Gasteiger partial charge in [-0.05, 0) is 50.7 Å². The van der Waals surface area contributed by atoms with Crippen molar-refractivity contribution >= 4 is 27.9 Å². The number of anilines is 1. The van der Waals surface area contributed by atoms with E-state index in [4.69, 9.17) is 4.74 Å². The third kappa shape index (κ3) is 4.26. The molecule has 1 aromatic carbocycles. The summed E-state index contributed by atoms with van der Waals surface area (Å²) in [5.74, 6) is 0.666. The fourth-order valence-corrected chi connectivity index (χ4v) is 5.17. The van der Waals surface area contributed by atoms with E-state index in [2.05, 4.69) is 10.3 Å². The fourth-order valence-electron chi connectivity index (χ4n) is 3.94. The van der Waals surface area contributed by atoms with E-state index >= 15 is 0 Å². The lowest BCUT2D eigenvalue weighted by Gasteiger charge is -2.13. The maximum Gasteiger partial charge on any atom is 0.259 e. The SMILES string of the molecule is CCC(CC)C(=O)Nc1cccc(OCc2cc(=O)n3c4c(sc3n2)CCCC4)c1. The van der Waals surface area contributed by atoms with Gasteiger partial charge in [0.1, 0.15) is 12.4 Å². The molecule has 2 aromatic heterocycles. The third-order valence-electron chi connectivity index (χ3n) is 5.66. The van der Waals surface area contributed by atoms with Gasteiger partial charge in [0.25, 0.3) is 5.56 Å². The number of amides is 1. The fraction of sp³-hybridized carbons (Fsp3) is 0.435. The highest BCUT2D eigenvalue weighted by Crippen LogP contribution is 2.28. The summed E-state index contributed by atoms with van der Waals surface area (Å²) in [5.41, 5.74) is 2.42. The van der Waals surface area contributed by atoms with Crippen LogP contribution in [0, 0.1) is 5.92 Å². The van der Waals surface area contributed by atoms with E-state index in [0.717, 1.165) is 42.8 Å². The van der Waals surface area contributed by atoms with Gasteiger partial charge in [0.2, 0.25) is 5.91 Å². The maximum atomic E-state index is 12.7. The number of ether oxygens (including phenoxy) is 1. The van der Waals surface area contributed by atoms with Crippen molar-refractivity contribution in [3.63, 3.8) is 0 Å². The van der Waals surface area contributed by atoms with Crippen LogP contribution in [-0.2, 0) is 24.2 Å². The van der Waals surface area contributed by atoms with E-state index in [9.17, 15) is 9.59 Å². The van der Waals surface area contributed by atoms with Gasteiger partial charge in [0.05, 0.1) is 5.69 Å². The number of aryl methyl sites for hydroxylation is 2. The van der Waals surface area contributed by atoms with Gasteiger partial charge in [0.15, 0.2) is 4.96 Å². The van der Waals surface area contributed by atoms with Crippen LogP contribution < -0.4 is 15.6 Å². The number of thiazole rings is 1. The summed E-state index contributed by atoms with van der Waals surface area (Å²) in [6.45, 7) is 4.24. The lowest BCUT2D eigenvalue weighted by Crippen LogP contribution is -2.21. The number of hydrogen-bond acceptors (Lipinski definition) is 5. The van der Waals surface area contributed by atoms with Crippen molar-refractivity contribution in [2.75, 3.05) is 5.32 Å². The molecular formula is C23H27N3O3S. The number of hydrogen-bond donors (Lipinski definition) is 1. The molecule has 158 valence electrons. The maximum absolute atomic E-state index is 12.7. The molecule has 3 aromatic rings. The highest BCUT2D eigenvalue weighted by molar-refractivity contribution is 7.17. The van der Waals surface area contributed by atoms with Crippen LogP contribution in [-0.4, -0.2) is 15.3 Å². The minimum absolute atomic E-state index is 0.00935. The lowest BCUT2D eigenvalue weighted by atomic mass is 10.0. The van der Waals surface area contributed by atoms with Crippen molar-refractivity contribution in [3.05, 3.63) is 57.0 Å². The molecule has 0 saturated heterocycles. The first-order valence-corrected chi connectivity index (χ1v) is 11.5. The number of rotatable bonds is 7. The monoisotopic (exact) mass is 425 g/mol. The summed E-state index contributed by atoms with van der Waals surface area (Å²) in [7, 11) is 0. The Morgan fingerprint density at radius 3 is 2.83 bits per heavy atom. The molecule has 0 unspecified atom stereocenters. The Bertz CT molecular complexity index is 1110. The first-order chi connectivity index (χ1) is 14.6. The molecule has 1 amide bonds. The Labute approximate surface area is 179 Å². The summed E-state index contributed by atoms with van der Waals surface area (Å²) >= 11 is 1.61. The molecule has 6 nitrogen and oxygen atoms in total. The minimum atomic E-state index is -0.0378. The summed E-state index contributed by atoms with van der Waals surface area (Å²) in [5, 5.41) is 2.96. The van der Waals surface area contributed by atoms with Gasteiger partial charge < -0.3 is 10.1 Å². The van der Waals surface area contributed by atoms with E-state index in [0.29, 0.717) is 17.1 Å². The molecule has 7 heteroatoms. The summed E-state index contributed by atoms with van der Waals surface area (Å²) in [4.78, 5) is 31.7.